The van der Waals surface area contributed by atoms with Crippen molar-refractivity contribution in [1.29, 1.82) is 0 Å². The summed E-state index contributed by atoms with van der Waals surface area (Å²) in [4.78, 5) is 11.9. The molecule has 2 rings (SSSR count). The SMILES string of the molecule is COc1cccc(CC(=O)NCCCS(=O)(=O)Cc2ccccc2)c1. The highest BCUT2D eigenvalue weighted by Crippen LogP contribution is 2.13. The lowest BCUT2D eigenvalue weighted by atomic mass is 10.1. The van der Waals surface area contributed by atoms with Crippen molar-refractivity contribution in [3.8, 4) is 5.75 Å². The van der Waals surface area contributed by atoms with Crippen molar-refractivity contribution in [3.63, 3.8) is 0 Å². The lowest BCUT2D eigenvalue weighted by molar-refractivity contribution is -0.120. The highest BCUT2D eigenvalue weighted by molar-refractivity contribution is 7.90. The summed E-state index contributed by atoms with van der Waals surface area (Å²) in [6.07, 6.45) is 0.646. The number of benzene rings is 2. The minimum atomic E-state index is -3.17. The average Bonchev–Trinajstić information content (AvgIpc) is 2.59. The van der Waals surface area contributed by atoms with E-state index in [9.17, 15) is 13.2 Å². The summed E-state index contributed by atoms with van der Waals surface area (Å²) in [7, 11) is -1.59. The quantitative estimate of drug-likeness (QED) is 0.696. The van der Waals surface area contributed by atoms with Crippen molar-refractivity contribution < 1.29 is 17.9 Å². The molecule has 134 valence electrons. The molecule has 0 aliphatic heterocycles. The summed E-state index contributed by atoms with van der Waals surface area (Å²) < 4.78 is 29.3. The number of carbonyl (C=O) groups is 1. The van der Waals surface area contributed by atoms with E-state index in [0.717, 1.165) is 11.1 Å². The van der Waals surface area contributed by atoms with E-state index < -0.39 is 9.84 Å². The summed E-state index contributed by atoms with van der Waals surface area (Å²) in [5.41, 5.74) is 1.64. The second kappa shape index (κ2) is 9.22. The largest absolute Gasteiger partial charge is 0.497 e. The molecular formula is C19H23NO4S. The number of hydrogen-bond donors (Lipinski definition) is 1. The van der Waals surface area contributed by atoms with E-state index in [0.29, 0.717) is 18.7 Å². The molecule has 0 saturated carbocycles. The Balaban J connectivity index is 1.72. The highest BCUT2D eigenvalue weighted by atomic mass is 32.2. The monoisotopic (exact) mass is 361 g/mol. The fourth-order valence-electron chi connectivity index (χ4n) is 2.45. The predicted molar refractivity (Wildman–Crippen MR) is 98.3 cm³/mol. The number of sulfone groups is 1. The molecule has 0 fully saturated rings. The van der Waals surface area contributed by atoms with E-state index in [-0.39, 0.29) is 23.8 Å². The Morgan fingerprint density at radius 2 is 1.76 bits per heavy atom. The van der Waals surface area contributed by atoms with E-state index in [1.807, 2.05) is 42.5 Å². The van der Waals surface area contributed by atoms with Crippen LogP contribution in [-0.2, 0) is 26.8 Å². The van der Waals surface area contributed by atoms with E-state index in [1.165, 1.54) is 0 Å². The number of carbonyl (C=O) groups excluding carboxylic acids is 1. The van der Waals surface area contributed by atoms with Crippen LogP contribution in [0.15, 0.2) is 54.6 Å². The molecule has 25 heavy (non-hydrogen) atoms. The lowest BCUT2D eigenvalue weighted by Crippen LogP contribution is -2.27. The zero-order valence-electron chi connectivity index (χ0n) is 14.3. The molecule has 0 radical (unpaired) electrons. The maximum Gasteiger partial charge on any atom is 0.224 e. The van der Waals surface area contributed by atoms with Crippen LogP contribution in [0.2, 0.25) is 0 Å². The molecule has 0 heterocycles. The molecular weight excluding hydrogens is 338 g/mol. The average molecular weight is 361 g/mol. The number of hydrogen-bond acceptors (Lipinski definition) is 4. The van der Waals surface area contributed by atoms with Crippen LogP contribution in [0, 0.1) is 0 Å². The van der Waals surface area contributed by atoms with Crippen LogP contribution >= 0.6 is 0 Å². The minimum absolute atomic E-state index is 0.0333. The van der Waals surface area contributed by atoms with Crippen LogP contribution in [0.4, 0.5) is 0 Å². The first-order valence-electron chi connectivity index (χ1n) is 8.12. The molecule has 5 nitrogen and oxygen atoms in total. The normalized spacial score (nSPS) is 11.1. The van der Waals surface area contributed by atoms with Gasteiger partial charge in [-0.3, -0.25) is 4.79 Å². The maximum absolute atomic E-state index is 12.1. The van der Waals surface area contributed by atoms with Crippen LogP contribution in [0.3, 0.4) is 0 Å². The second-order valence-corrected chi connectivity index (χ2v) is 7.99. The van der Waals surface area contributed by atoms with E-state index in [1.54, 1.807) is 19.2 Å². The van der Waals surface area contributed by atoms with Gasteiger partial charge >= 0.3 is 0 Å². The molecule has 0 aliphatic carbocycles. The molecule has 1 amide bonds. The van der Waals surface area contributed by atoms with Gasteiger partial charge in [0.05, 0.1) is 25.0 Å². The number of ether oxygens (including phenoxy) is 1. The Bertz CT molecular complexity index is 788. The molecule has 1 N–H and O–H groups in total. The van der Waals surface area contributed by atoms with Gasteiger partial charge in [0.25, 0.3) is 0 Å². The fourth-order valence-corrected chi connectivity index (χ4v) is 3.88. The van der Waals surface area contributed by atoms with Gasteiger partial charge in [-0.25, -0.2) is 8.42 Å². The number of amides is 1. The molecule has 2 aromatic carbocycles. The first kappa shape index (κ1) is 19.0. The minimum Gasteiger partial charge on any atom is -0.497 e. The molecule has 0 bridgehead atoms. The van der Waals surface area contributed by atoms with Gasteiger partial charge in [0.2, 0.25) is 5.91 Å². The Morgan fingerprint density at radius 3 is 2.48 bits per heavy atom. The molecule has 0 aromatic heterocycles. The number of nitrogens with one attached hydrogen (secondary N) is 1. The van der Waals surface area contributed by atoms with Crippen LogP contribution < -0.4 is 10.1 Å². The van der Waals surface area contributed by atoms with Gasteiger partial charge in [-0.2, -0.15) is 0 Å². The van der Waals surface area contributed by atoms with Crippen LogP contribution in [0.25, 0.3) is 0 Å². The first-order chi connectivity index (χ1) is 12.0. The predicted octanol–water partition coefficient (Wildman–Crippen LogP) is 2.36. The molecule has 0 unspecified atom stereocenters. The summed E-state index contributed by atoms with van der Waals surface area (Å²) in [6.45, 7) is 0.344. The van der Waals surface area contributed by atoms with Gasteiger partial charge < -0.3 is 10.1 Å². The van der Waals surface area contributed by atoms with Gasteiger partial charge in [-0.15, -0.1) is 0 Å². The third-order valence-corrected chi connectivity index (χ3v) is 5.37. The van der Waals surface area contributed by atoms with Crippen molar-refractivity contribution in [2.75, 3.05) is 19.4 Å². The zero-order valence-corrected chi connectivity index (χ0v) is 15.1. The second-order valence-electron chi connectivity index (χ2n) is 5.81. The summed E-state index contributed by atoms with van der Waals surface area (Å²) in [5.74, 6) is 0.665. The number of methoxy groups -OCH3 is 1. The Kier molecular flexibility index (Phi) is 7.01. The van der Waals surface area contributed by atoms with Crippen molar-refractivity contribution >= 4 is 15.7 Å². The third-order valence-electron chi connectivity index (χ3n) is 3.68. The smallest absolute Gasteiger partial charge is 0.224 e. The molecule has 0 atom stereocenters. The molecule has 0 saturated heterocycles. The Hall–Kier alpha value is -2.34. The van der Waals surface area contributed by atoms with Gasteiger partial charge in [-0.1, -0.05) is 42.5 Å². The van der Waals surface area contributed by atoms with Gasteiger partial charge in [-0.05, 0) is 29.7 Å². The molecule has 6 heteroatoms. The zero-order chi connectivity index (χ0) is 18.1. The van der Waals surface area contributed by atoms with Gasteiger partial charge in [0.1, 0.15) is 5.75 Å². The third kappa shape index (κ3) is 6.97. The maximum atomic E-state index is 12.1. The van der Waals surface area contributed by atoms with Crippen LogP contribution in [0.5, 0.6) is 5.75 Å². The van der Waals surface area contributed by atoms with Crippen LogP contribution in [0.1, 0.15) is 17.5 Å². The number of rotatable bonds is 9. The van der Waals surface area contributed by atoms with E-state index in [2.05, 4.69) is 5.32 Å². The fraction of sp³-hybridized carbons (Fsp3) is 0.316. The Labute approximate surface area is 148 Å². The first-order valence-corrected chi connectivity index (χ1v) is 9.94. The van der Waals surface area contributed by atoms with E-state index >= 15 is 0 Å². The van der Waals surface area contributed by atoms with Crippen molar-refractivity contribution in [2.45, 2.75) is 18.6 Å². The summed E-state index contributed by atoms with van der Waals surface area (Å²) in [5, 5.41) is 2.76. The van der Waals surface area contributed by atoms with Gasteiger partial charge in [0.15, 0.2) is 9.84 Å². The lowest BCUT2D eigenvalue weighted by Gasteiger charge is -2.07. The Morgan fingerprint density at radius 1 is 1.04 bits per heavy atom. The van der Waals surface area contributed by atoms with Crippen molar-refractivity contribution in [3.05, 3.63) is 65.7 Å². The highest BCUT2D eigenvalue weighted by Gasteiger charge is 2.12. The topological polar surface area (TPSA) is 72.5 Å². The van der Waals surface area contributed by atoms with Crippen molar-refractivity contribution in [2.24, 2.45) is 0 Å². The molecule has 2 aromatic rings. The summed E-state index contributed by atoms with van der Waals surface area (Å²) in [6, 6.07) is 16.4. The van der Waals surface area contributed by atoms with Crippen molar-refractivity contribution in [1.82, 2.24) is 5.32 Å². The van der Waals surface area contributed by atoms with E-state index in [4.69, 9.17) is 4.74 Å². The molecule has 0 aliphatic rings. The standard InChI is InChI=1S/C19H23NO4S/c1-24-18-10-5-9-17(13-18)14-19(21)20-11-6-12-25(22,23)15-16-7-3-2-4-8-16/h2-5,7-10,13H,6,11-12,14-15H2,1H3,(H,20,21). The van der Waals surface area contributed by atoms with Gasteiger partial charge in [0, 0.05) is 6.54 Å². The summed E-state index contributed by atoms with van der Waals surface area (Å²) >= 11 is 0. The molecule has 0 spiro atoms. The van der Waals surface area contributed by atoms with Crippen LogP contribution in [-0.4, -0.2) is 33.7 Å².